The molecule has 132 valence electrons. The first-order chi connectivity index (χ1) is 12.0. The van der Waals surface area contributed by atoms with Gasteiger partial charge in [0, 0.05) is 17.9 Å². The highest BCUT2D eigenvalue weighted by molar-refractivity contribution is 5.99. The number of aryl methyl sites for hydroxylation is 1. The second-order valence-electron chi connectivity index (χ2n) is 5.60. The van der Waals surface area contributed by atoms with Crippen LogP contribution in [0.5, 0.6) is 0 Å². The number of carbonyl (C=O) groups is 2. The molecule has 0 aromatic heterocycles. The fourth-order valence-corrected chi connectivity index (χ4v) is 2.16. The van der Waals surface area contributed by atoms with Gasteiger partial charge in [-0.25, -0.2) is 4.79 Å². The van der Waals surface area contributed by atoms with Gasteiger partial charge in [-0.2, -0.15) is 0 Å². The van der Waals surface area contributed by atoms with E-state index in [2.05, 4.69) is 10.6 Å². The molecule has 0 saturated carbocycles. The summed E-state index contributed by atoms with van der Waals surface area (Å²) in [7, 11) is 0. The molecule has 0 spiro atoms. The lowest BCUT2D eigenvalue weighted by molar-refractivity contribution is -0.123. The molecule has 6 nitrogen and oxygen atoms in total. The van der Waals surface area contributed by atoms with Gasteiger partial charge in [-0.15, -0.1) is 0 Å². The van der Waals surface area contributed by atoms with E-state index in [0.717, 1.165) is 5.56 Å². The lowest BCUT2D eigenvalue weighted by Gasteiger charge is -2.15. The number of hydrogen-bond donors (Lipinski definition) is 3. The highest BCUT2D eigenvalue weighted by atomic mass is 16.5. The molecule has 0 heterocycles. The van der Waals surface area contributed by atoms with Gasteiger partial charge in [-0.3, -0.25) is 4.79 Å². The summed E-state index contributed by atoms with van der Waals surface area (Å²) in [6, 6.07) is 14.1. The molecule has 2 rings (SSSR count). The van der Waals surface area contributed by atoms with Crippen LogP contribution in [0, 0.1) is 6.92 Å². The number of hydrogen-bond acceptors (Lipinski definition) is 5. The third-order valence-corrected chi connectivity index (χ3v) is 3.55. The maximum absolute atomic E-state index is 12.3. The standard InChI is InChI=1S/C19H22N2O4/c1-13-7-9-15(10-8-13)21-18(23)14(2)25-19(24)16-5-3-4-6-17(16)20-11-12-22/h3-10,14,20,22H,11-12H2,1-2H3,(H,21,23)/t14-/m0/s1. The third-order valence-electron chi connectivity index (χ3n) is 3.55. The van der Waals surface area contributed by atoms with E-state index in [1.54, 1.807) is 36.4 Å². The Kier molecular flexibility index (Phi) is 6.54. The quantitative estimate of drug-likeness (QED) is 0.673. The minimum absolute atomic E-state index is 0.0568. The van der Waals surface area contributed by atoms with Crippen LogP contribution in [0.1, 0.15) is 22.8 Å². The Hall–Kier alpha value is -2.86. The number of aliphatic hydroxyl groups excluding tert-OH is 1. The molecule has 0 saturated heterocycles. The number of ether oxygens (including phenoxy) is 1. The summed E-state index contributed by atoms with van der Waals surface area (Å²) in [5.74, 6) is -1.01. The van der Waals surface area contributed by atoms with Crippen LogP contribution in [0.15, 0.2) is 48.5 Å². The number of nitrogens with one attached hydrogen (secondary N) is 2. The summed E-state index contributed by atoms with van der Waals surface area (Å²) >= 11 is 0. The van der Waals surface area contributed by atoms with Crippen molar-refractivity contribution < 1.29 is 19.4 Å². The van der Waals surface area contributed by atoms with Crippen molar-refractivity contribution >= 4 is 23.3 Å². The molecule has 0 aliphatic carbocycles. The van der Waals surface area contributed by atoms with E-state index >= 15 is 0 Å². The largest absolute Gasteiger partial charge is 0.449 e. The van der Waals surface area contributed by atoms with Crippen LogP contribution in [0.25, 0.3) is 0 Å². The molecule has 2 aromatic rings. The fourth-order valence-electron chi connectivity index (χ4n) is 2.16. The van der Waals surface area contributed by atoms with Gasteiger partial charge in [-0.1, -0.05) is 29.8 Å². The summed E-state index contributed by atoms with van der Waals surface area (Å²) in [5, 5.41) is 14.6. The second kappa shape index (κ2) is 8.84. The molecule has 0 unspecified atom stereocenters. The van der Waals surface area contributed by atoms with Gasteiger partial charge in [0.05, 0.1) is 12.2 Å². The van der Waals surface area contributed by atoms with E-state index in [4.69, 9.17) is 9.84 Å². The van der Waals surface area contributed by atoms with E-state index in [9.17, 15) is 9.59 Å². The average Bonchev–Trinajstić information content (AvgIpc) is 2.62. The van der Waals surface area contributed by atoms with Crippen LogP contribution in [0.2, 0.25) is 0 Å². The van der Waals surface area contributed by atoms with Crippen molar-refractivity contribution in [1.82, 2.24) is 0 Å². The Morgan fingerprint density at radius 1 is 1.12 bits per heavy atom. The molecule has 0 bridgehead atoms. The van der Waals surface area contributed by atoms with E-state index in [-0.39, 0.29) is 6.61 Å². The number of esters is 1. The predicted octanol–water partition coefficient (Wildman–Crippen LogP) is 2.58. The SMILES string of the molecule is Cc1ccc(NC(=O)[C@H](C)OC(=O)c2ccccc2NCCO)cc1. The second-order valence-corrected chi connectivity index (χ2v) is 5.60. The van der Waals surface area contributed by atoms with Crippen molar-refractivity contribution in [2.45, 2.75) is 20.0 Å². The van der Waals surface area contributed by atoms with Gasteiger partial charge < -0.3 is 20.5 Å². The lowest BCUT2D eigenvalue weighted by Crippen LogP contribution is -2.30. The number of carbonyl (C=O) groups excluding carboxylic acids is 2. The van der Waals surface area contributed by atoms with Crippen molar-refractivity contribution in [2.24, 2.45) is 0 Å². The summed E-state index contributed by atoms with van der Waals surface area (Å²) in [6.07, 6.45) is -0.945. The average molecular weight is 342 g/mol. The first-order valence-electron chi connectivity index (χ1n) is 8.03. The van der Waals surface area contributed by atoms with Crippen molar-refractivity contribution in [3.63, 3.8) is 0 Å². The minimum Gasteiger partial charge on any atom is -0.449 e. The van der Waals surface area contributed by atoms with Crippen molar-refractivity contribution in [3.8, 4) is 0 Å². The van der Waals surface area contributed by atoms with Gasteiger partial charge in [0.15, 0.2) is 6.10 Å². The van der Waals surface area contributed by atoms with Gasteiger partial charge in [0.1, 0.15) is 0 Å². The number of rotatable bonds is 7. The Labute approximate surface area is 146 Å². The minimum atomic E-state index is -0.945. The summed E-state index contributed by atoms with van der Waals surface area (Å²) in [5.41, 5.74) is 2.59. The van der Waals surface area contributed by atoms with Crippen LogP contribution in [0.4, 0.5) is 11.4 Å². The zero-order chi connectivity index (χ0) is 18.2. The number of anilines is 2. The first-order valence-corrected chi connectivity index (χ1v) is 8.03. The Morgan fingerprint density at radius 2 is 1.80 bits per heavy atom. The summed E-state index contributed by atoms with van der Waals surface area (Å²) in [6.45, 7) is 3.73. The molecule has 0 fully saturated rings. The van der Waals surface area contributed by atoms with Crippen molar-refractivity contribution in [1.29, 1.82) is 0 Å². The number of benzene rings is 2. The highest BCUT2D eigenvalue weighted by Crippen LogP contribution is 2.17. The topological polar surface area (TPSA) is 87.7 Å². The fraction of sp³-hybridized carbons (Fsp3) is 0.263. The lowest BCUT2D eigenvalue weighted by atomic mass is 10.1. The molecule has 2 aromatic carbocycles. The molecule has 3 N–H and O–H groups in total. The van der Waals surface area contributed by atoms with E-state index in [1.807, 2.05) is 19.1 Å². The van der Waals surface area contributed by atoms with Crippen LogP contribution < -0.4 is 10.6 Å². The maximum atomic E-state index is 12.3. The zero-order valence-electron chi connectivity index (χ0n) is 14.3. The van der Waals surface area contributed by atoms with E-state index in [0.29, 0.717) is 23.5 Å². The van der Waals surface area contributed by atoms with Crippen LogP contribution in [0.3, 0.4) is 0 Å². The third kappa shape index (κ3) is 5.32. The monoisotopic (exact) mass is 342 g/mol. The van der Waals surface area contributed by atoms with Crippen LogP contribution >= 0.6 is 0 Å². The zero-order valence-corrected chi connectivity index (χ0v) is 14.3. The summed E-state index contributed by atoms with van der Waals surface area (Å²) in [4.78, 5) is 24.5. The molecular formula is C19H22N2O4. The Morgan fingerprint density at radius 3 is 2.48 bits per heavy atom. The molecular weight excluding hydrogens is 320 g/mol. The normalized spacial score (nSPS) is 11.5. The van der Waals surface area contributed by atoms with Crippen molar-refractivity contribution in [3.05, 3.63) is 59.7 Å². The van der Waals surface area contributed by atoms with Gasteiger partial charge in [-0.05, 0) is 38.1 Å². The molecule has 0 radical (unpaired) electrons. The molecule has 0 aliphatic heterocycles. The predicted molar refractivity (Wildman–Crippen MR) is 96.7 cm³/mol. The number of amides is 1. The molecule has 1 atom stereocenters. The van der Waals surface area contributed by atoms with Crippen LogP contribution in [-0.2, 0) is 9.53 Å². The molecule has 25 heavy (non-hydrogen) atoms. The summed E-state index contributed by atoms with van der Waals surface area (Å²) < 4.78 is 5.26. The van der Waals surface area contributed by atoms with E-state index < -0.39 is 18.0 Å². The first kappa shape index (κ1) is 18.5. The molecule has 6 heteroatoms. The van der Waals surface area contributed by atoms with Crippen LogP contribution in [-0.4, -0.2) is 36.2 Å². The molecule has 0 aliphatic rings. The number of aliphatic hydroxyl groups is 1. The Bertz CT molecular complexity index is 728. The Balaban J connectivity index is 1.99. The van der Waals surface area contributed by atoms with Gasteiger partial charge in [0.25, 0.3) is 5.91 Å². The maximum Gasteiger partial charge on any atom is 0.341 e. The van der Waals surface area contributed by atoms with Crippen molar-refractivity contribution in [2.75, 3.05) is 23.8 Å². The number of para-hydroxylation sites is 1. The smallest absolute Gasteiger partial charge is 0.341 e. The molecule has 1 amide bonds. The highest BCUT2D eigenvalue weighted by Gasteiger charge is 2.20. The van der Waals surface area contributed by atoms with Gasteiger partial charge in [0.2, 0.25) is 0 Å². The van der Waals surface area contributed by atoms with Gasteiger partial charge >= 0.3 is 5.97 Å². The van der Waals surface area contributed by atoms with E-state index in [1.165, 1.54) is 6.92 Å².